The van der Waals surface area contributed by atoms with Gasteiger partial charge in [-0.05, 0) is 38.0 Å². The summed E-state index contributed by atoms with van der Waals surface area (Å²) in [5, 5.41) is 3.34. The molecule has 6 heteroatoms. The fourth-order valence-corrected chi connectivity index (χ4v) is 4.85. The van der Waals surface area contributed by atoms with Gasteiger partial charge in [0.2, 0.25) is 0 Å². The van der Waals surface area contributed by atoms with Gasteiger partial charge < -0.3 is 5.32 Å². The van der Waals surface area contributed by atoms with Crippen LogP contribution in [0.15, 0.2) is 54.6 Å². The Morgan fingerprint density at radius 3 is 2.57 bits per heavy atom. The number of fused-ring (bicyclic) bond motifs is 1. The van der Waals surface area contributed by atoms with Crippen LogP contribution < -0.4 is 5.32 Å². The zero-order valence-corrected chi connectivity index (χ0v) is 16.5. The average molecular weight is 394 g/mol. The largest absolute Gasteiger partial charge is 0.351 e. The van der Waals surface area contributed by atoms with Crippen LogP contribution in [-0.4, -0.2) is 36.9 Å². The molecule has 2 aromatic carbocycles. The summed E-state index contributed by atoms with van der Waals surface area (Å²) in [6.45, 7) is 2.09. The lowest BCUT2D eigenvalue weighted by Crippen LogP contribution is -2.30. The van der Waals surface area contributed by atoms with Crippen molar-refractivity contribution >= 4 is 26.6 Å². The molecule has 0 radical (unpaired) electrons. The molecule has 4 rings (SSSR count). The minimum absolute atomic E-state index is 0.0169. The van der Waals surface area contributed by atoms with Crippen LogP contribution in [0.4, 0.5) is 0 Å². The van der Waals surface area contributed by atoms with Crippen LogP contribution in [0.2, 0.25) is 0 Å². The third-order valence-electron chi connectivity index (χ3n) is 4.98. The summed E-state index contributed by atoms with van der Waals surface area (Å²) >= 11 is 0. The number of rotatable bonds is 6. The number of nitrogens with zero attached hydrogens (tertiary/aromatic N) is 1. The number of benzene rings is 2. The number of carbonyl (C=O) groups excluding carboxylic acids is 1. The molecule has 0 unspecified atom stereocenters. The van der Waals surface area contributed by atoms with Crippen LogP contribution in [0.1, 0.15) is 28.8 Å². The highest BCUT2D eigenvalue weighted by Gasteiger charge is 2.35. The van der Waals surface area contributed by atoms with Gasteiger partial charge in [-0.2, -0.15) is 0 Å². The van der Waals surface area contributed by atoms with E-state index in [-0.39, 0.29) is 23.5 Å². The third kappa shape index (κ3) is 3.92. The first-order chi connectivity index (χ1) is 13.4. The number of aromatic nitrogens is 1. The summed E-state index contributed by atoms with van der Waals surface area (Å²) in [5.41, 5.74) is 3.93. The van der Waals surface area contributed by atoms with Gasteiger partial charge in [0.1, 0.15) is 0 Å². The number of amides is 1. The number of carbonyl (C=O) groups is 1. The summed E-state index contributed by atoms with van der Waals surface area (Å²) in [5.74, 6) is -0.294. The van der Waals surface area contributed by atoms with Crippen molar-refractivity contribution in [3.05, 3.63) is 65.7 Å². The lowest BCUT2D eigenvalue weighted by molar-refractivity contribution is 0.0957. The highest BCUT2D eigenvalue weighted by atomic mass is 32.2. The van der Waals surface area contributed by atoms with Crippen molar-refractivity contribution in [2.45, 2.75) is 25.0 Å². The van der Waals surface area contributed by atoms with Crippen molar-refractivity contribution in [3.63, 3.8) is 0 Å². The Hall–Kier alpha value is -2.73. The van der Waals surface area contributed by atoms with Crippen LogP contribution in [0, 0.1) is 6.92 Å². The van der Waals surface area contributed by atoms with E-state index in [1.54, 1.807) is 6.07 Å². The minimum Gasteiger partial charge on any atom is -0.351 e. The molecule has 0 atom stereocenters. The zero-order valence-electron chi connectivity index (χ0n) is 15.7. The molecule has 1 N–H and O–H groups in total. The van der Waals surface area contributed by atoms with Crippen molar-refractivity contribution in [1.29, 1.82) is 0 Å². The molecule has 1 aliphatic rings. The van der Waals surface area contributed by atoms with Crippen molar-refractivity contribution in [2.24, 2.45) is 0 Å². The Balaban J connectivity index is 1.65. The second kappa shape index (κ2) is 7.36. The maximum atomic E-state index is 12.9. The molecule has 1 fully saturated rings. The molecule has 1 heterocycles. The van der Waals surface area contributed by atoms with E-state index < -0.39 is 9.84 Å². The van der Waals surface area contributed by atoms with Gasteiger partial charge in [0.05, 0.1) is 27.8 Å². The van der Waals surface area contributed by atoms with Gasteiger partial charge in [0.25, 0.3) is 5.91 Å². The summed E-state index contributed by atoms with van der Waals surface area (Å²) in [7, 11) is -3.09. The monoisotopic (exact) mass is 394 g/mol. The van der Waals surface area contributed by atoms with E-state index in [4.69, 9.17) is 4.98 Å². The molecule has 144 valence electrons. The molecule has 1 aliphatic carbocycles. The lowest BCUT2D eigenvalue weighted by atomic mass is 10.0. The van der Waals surface area contributed by atoms with E-state index in [1.807, 2.05) is 55.5 Å². The van der Waals surface area contributed by atoms with Crippen molar-refractivity contribution in [3.8, 4) is 11.3 Å². The first kappa shape index (κ1) is 18.6. The van der Waals surface area contributed by atoms with Crippen LogP contribution in [-0.2, 0) is 9.84 Å². The fourth-order valence-electron chi connectivity index (χ4n) is 3.28. The van der Waals surface area contributed by atoms with Gasteiger partial charge in [-0.1, -0.05) is 42.0 Å². The van der Waals surface area contributed by atoms with Crippen molar-refractivity contribution < 1.29 is 13.2 Å². The normalized spacial score (nSPS) is 14.2. The third-order valence-corrected chi connectivity index (χ3v) is 7.24. The molecule has 1 amide bonds. The summed E-state index contributed by atoms with van der Waals surface area (Å²) in [6.07, 6.45) is 1.48. The zero-order chi connectivity index (χ0) is 19.7. The molecule has 0 saturated heterocycles. The Morgan fingerprint density at radius 2 is 1.86 bits per heavy atom. The molecule has 3 aromatic rings. The molecular formula is C22H22N2O3S. The van der Waals surface area contributed by atoms with E-state index >= 15 is 0 Å². The Bertz CT molecular complexity index is 1140. The van der Waals surface area contributed by atoms with Crippen LogP contribution in [0.3, 0.4) is 0 Å². The number of nitrogens with one attached hydrogen (secondary N) is 1. The molecule has 0 bridgehead atoms. The van der Waals surface area contributed by atoms with Crippen LogP contribution in [0.5, 0.6) is 0 Å². The first-order valence-electron chi connectivity index (χ1n) is 9.41. The molecule has 0 aliphatic heterocycles. The average Bonchev–Trinajstić information content (AvgIpc) is 3.53. The van der Waals surface area contributed by atoms with E-state index in [9.17, 15) is 13.2 Å². The molecule has 0 spiro atoms. The minimum atomic E-state index is -3.09. The molecule has 1 saturated carbocycles. The lowest BCUT2D eigenvalue weighted by Gasteiger charge is -2.11. The predicted molar refractivity (Wildman–Crippen MR) is 111 cm³/mol. The smallest absolute Gasteiger partial charge is 0.252 e. The molecular weight excluding hydrogens is 372 g/mol. The van der Waals surface area contributed by atoms with Gasteiger partial charge in [-0.15, -0.1) is 0 Å². The topological polar surface area (TPSA) is 76.1 Å². The fraction of sp³-hybridized carbons (Fsp3) is 0.273. The number of pyridine rings is 1. The standard InChI is InChI=1S/C22H22N2O3S/c1-15-7-10-20-18(13-15)19(14-21(24-20)16-5-3-2-4-6-16)22(25)23-11-12-28(26,27)17-8-9-17/h2-7,10,13-14,17H,8-9,11-12H2,1H3,(H,23,25). The SMILES string of the molecule is Cc1ccc2nc(-c3ccccc3)cc(C(=O)NCCS(=O)(=O)C3CC3)c2c1. The summed E-state index contributed by atoms with van der Waals surface area (Å²) in [4.78, 5) is 17.6. The van der Waals surface area contributed by atoms with E-state index in [2.05, 4.69) is 5.32 Å². The Kier molecular flexibility index (Phi) is 4.89. The Morgan fingerprint density at radius 1 is 1.11 bits per heavy atom. The first-order valence-corrected chi connectivity index (χ1v) is 11.1. The van der Waals surface area contributed by atoms with Gasteiger partial charge in [0, 0.05) is 17.5 Å². The summed E-state index contributed by atoms with van der Waals surface area (Å²) < 4.78 is 24.1. The number of hydrogen-bond acceptors (Lipinski definition) is 4. The second-order valence-electron chi connectivity index (χ2n) is 7.26. The Labute approximate surface area is 164 Å². The second-order valence-corrected chi connectivity index (χ2v) is 9.66. The molecule has 5 nitrogen and oxygen atoms in total. The highest BCUT2D eigenvalue weighted by Crippen LogP contribution is 2.29. The molecule has 28 heavy (non-hydrogen) atoms. The number of sulfone groups is 1. The molecule has 1 aromatic heterocycles. The van der Waals surface area contributed by atoms with Gasteiger partial charge in [-0.3, -0.25) is 4.79 Å². The number of aryl methyl sites for hydroxylation is 1. The van der Waals surface area contributed by atoms with Gasteiger partial charge in [0.15, 0.2) is 9.84 Å². The van der Waals surface area contributed by atoms with Crippen molar-refractivity contribution in [1.82, 2.24) is 10.3 Å². The van der Waals surface area contributed by atoms with Gasteiger partial charge in [-0.25, -0.2) is 13.4 Å². The maximum Gasteiger partial charge on any atom is 0.252 e. The van der Waals surface area contributed by atoms with E-state index in [0.29, 0.717) is 11.3 Å². The highest BCUT2D eigenvalue weighted by molar-refractivity contribution is 7.92. The van der Waals surface area contributed by atoms with Gasteiger partial charge >= 0.3 is 0 Å². The quantitative estimate of drug-likeness (QED) is 0.694. The van der Waals surface area contributed by atoms with Crippen LogP contribution >= 0.6 is 0 Å². The number of hydrogen-bond donors (Lipinski definition) is 1. The van der Waals surface area contributed by atoms with E-state index in [0.717, 1.165) is 34.9 Å². The maximum absolute atomic E-state index is 12.9. The van der Waals surface area contributed by atoms with Crippen molar-refractivity contribution in [2.75, 3.05) is 12.3 Å². The summed E-state index contributed by atoms with van der Waals surface area (Å²) in [6, 6.07) is 17.3. The predicted octanol–water partition coefficient (Wildman–Crippen LogP) is 3.52. The van der Waals surface area contributed by atoms with Crippen LogP contribution in [0.25, 0.3) is 22.2 Å². The van der Waals surface area contributed by atoms with E-state index in [1.165, 1.54) is 0 Å².